The summed E-state index contributed by atoms with van der Waals surface area (Å²) in [5, 5.41) is 136. The number of amides is 2. The van der Waals surface area contributed by atoms with Crippen LogP contribution in [0.1, 0.15) is 239 Å². The summed E-state index contributed by atoms with van der Waals surface area (Å²) in [6.45, 7) is 2.13. The first-order chi connectivity index (χ1) is 41.9. The van der Waals surface area contributed by atoms with Crippen LogP contribution in [0.4, 0.5) is 0 Å². The molecule has 2 amide bonds. The van der Waals surface area contributed by atoms with Crippen molar-refractivity contribution in [1.82, 2.24) is 10.6 Å². The molecule has 0 spiro atoms. The topological polar surface area (TPSA) is 373 Å². The molecule has 0 aromatic rings. The summed E-state index contributed by atoms with van der Waals surface area (Å²) in [7, 11) is 0. The molecule has 0 radical (unpaired) electrons. The highest BCUT2D eigenvalue weighted by molar-refractivity contribution is 5.77. The predicted octanol–water partition coefficient (Wildman–Crippen LogP) is 5.12. The van der Waals surface area contributed by atoms with Crippen LogP contribution in [0.3, 0.4) is 0 Å². The molecule has 3 aliphatic heterocycles. The summed E-state index contributed by atoms with van der Waals surface area (Å²) in [4.78, 5) is 38.5. The average molecular weight is 1250 g/mol. The van der Waals surface area contributed by atoms with Gasteiger partial charge in [0.05, 0.1) is 50.7 Å². The van der Waals surface area contributed by atoms with E-state index in [1.807, 2.05) is 6.08 Å². The maximum absolute atomic E-state index is 13.4. The van der Waals surface area contributed by atoms with Gasteiger partial charge >= 0.3 is 5.97 Å². The van der Waals surface area contributed by atoms with Crippen LogP contribution >= 0.6 is 0 Å². The largest absolute Gasteiger partial charge is 0.477 e. The summed E-state index contributed by atoms with van der Waals surface area (Å²) in [6.07, 6.45) is 12.6. The molecule has 14 N–H and O–H groups in total. The number of carboxylic acid groups (broad SMARTS) is 1. The number of hydrogen-bond donors (Lipinski definition) is 14. The van der Waals surface area contributed by atoms with Gasteiger partial charge in [0, 0.05) is 19.8 Å². The van der Waals surface area contributed by atoms with Crippen molar-refractivity contribution >= 4 is 17.8 Å². The Hall–Kier alpha value is -2.53. The Kier molecular flexibility index (Phi) is 41.3. The highest BCUT2D eigenvalue weighted by Crippen LogP contribution is 2.39. The van der Waals surface area contributed by atoms with Crippen LogP contribution < -0.4 is 10.6 Å². The first kappa shape index (κ1) is 78.7. The summed E-state index contributed by atoms with van der Waals surface area (Å²) < 4.78 is 34.7. The molecular formula is C64H118N2O21. The molecule has 3 heterocycles. The number of allylic oxidation sites excluding steroid dienone is 1. The minimum absolute atomic E-state index is 0.205. The van der Waals surface area contributed by atoms with E-state index in [1.165, 1.54) is 148 Å². The Morgan fingerprint density at radius 1 is 0.598 bits per heavy atom. The summed E-state index contributed by atoms with van der Waals surface area (Å²) >= 11 is 0. The lowest BCUT2D eigenvalue weighted by Crippen LogP contribution is -2.70. The van der Waals surface area contributed by atoms with E-state index >= 15 is 0 Å². The van der Waals surface area contributed by atoms with E-state index in [4.69, 9.17) is 28.4 Å². The number of aliphatic hydroxyl groups is 11. The van der Waals surface area contributed by atoms with Crippen molar-refractivity contribution in [2.45, 2.75) is 349 Å². The zero-order chi connectivity index (χ0) is 64.0. The lowest BCUT2D eigenvalue weighted by molar-refractivity contribution is -0.386. The van der Waals surface area contributed by atoms with Gasteiger partial charge in [-0.3, -0.25) is 9.59 Å². The molecule has 18 atom stereocenters. The average Bonchev–Trinajstić information content (AvgIpc) is 1.65. The first-order valence-electron chi connectivity index (χ1n) is 33.6. The molecule has 510 valence electrons. The fraction of sp³-hybridized carbons (Fsp3) is 0.922. The molecule has 0 aliphatic carbocycles. The number of unbranched alkanes of at least 4 members (excludes halogenated alkanes) is 30. The number of rotatable bonds is 50. The molecular weight excluding hydrogens is 1130 g/mol. The number of ether oxygens (including phenoxy) is 6. The van der Waals surface area contributed by atoms with Gasteiger partial charge in [0.1, 0.15) is 67.1 Å². The maximum atomic E-state index is 13.4. The molecule has 87 heavy (non-hydrogen) atoms. The number of carboxylic acids is 1. The molecule has 0 aromatic carbocycles. The molecule has 23 nitrogen and oxygen atoms in total. The van der Waals surface area contributed by atoms with Gasteiger partial charge in [-0.2, -0.15) is 0 Å². The van der Waals surface area contributed by atoms with Crippen LogP contribution in [-0.2, 0) is 42.8 Å². The van der Waals surface area contributed by atoms with E-state index in [-0.39, 0.29) is 12.3 Å². The predicted molar refractivity (Wildman–Crippen MR) is 325 cm³/mol. The van der Waals surface area contributed by atoms with Gasteiger partial charge in [0.15, 0.2) is 12.6 Å². The first-order valence-corrected chi connectivity index (χ1v) is 33.6. The number of aliphatic hydroxyl groups excluding tert-OH is 11. The van der Waals surface area contributed by atoms with Crippen LogP contribution in [-0.4, -0.2) is 215 Å². The number of nitrogens with one attached hydrogen (secondary N) is 2. The molecule has 3 saturated heterocycles. The Labute approximate surface area is 518 Å². The van der Waals surface area contributed by atoms with Gasteiger partial charge in [-0.05, 0) is 19.3 Å². The summed E-state index contributed by atoms with van der Waals surface area (Å²) in [6, 6.07) is -2.61. The van der Waals surface area contributed by atoms with Gasteiger partial charge in [0.25, 0.3) is 5.79 Å². The lowest BCUT2D eigenvalue weighted by atomic mass is 9.88. The van der Waals surface area contributed by atoms with E-state index in [0.29, 0.717) is 12.8 Å². The molecule has 0 aromatic heterocycles. The van der Waals surface area contributed by atoms with Crippen LogP contribution in [0.25, 0.3) is 0 Å². The third kappa shape index (κ3) is 28.9. The van der Waals surface area contributed by atoms with Crippen LogP contribution in [0.15, 0.2) is 12.2 Å². The summed E-state index contributed by atoms with van der Waals surface area (Å²) in [5.74, 6) is -6.14. The smallest absolute Gasteiger partial charge is 0.364 e. The van der Waals surface area contributed by atoms with Gasteiger partial charge in [0.2, 0.25) is 11.8 Å². The molecule has 3 aliphatic rings. The Morgan fingerprint density at radius 3 is 1.53 bits per heavy atom. The number of carbonyl (C=O) groups is 3. The zero-order valence-electron chi connectivity index (χ0n) is 52.9. The van der Waals surface area contributed by atoms with Gasteiger partial charge in [-0.25, -0.2) is 4.79 Å². The highest BCUT2D eigenvalue weighted by Gasteiger charge is 2.60. The fourth-order valence-electron chi connectivity index (χ4n) is 11.8. The normalized spacial score (nSPS) is 29.2. The minimum atomic E-state index is -3.08. The third-order valence-electron chi connectivity index (χ3n) is 17.2. The van der Waals surface area contributed by atoms with Gasteiger partial charge < -0.3 is 100 Å². The van der Waals surface area contributed by atoms with Crippen LogP contribution in [0.5, 0.6) is 0 Å². The quantitative estimate of drug-likeness (QED) is 0.0278. The monoisotopic (exact) mass is 1250 g/mol. The second-order valence-electron chi connectivity index (χ2n) is 24.7. The van der Waals surface area contributed by atoms with Crippen LogP contribution in [0.2, 0.25) is 0 Å². The Balaban J connectivity index is 1.61. The van der Waals surface area contributed by atoms with Crippen molar-refractivity contribution < 1.29 is 104 Å². The van der Waals surface area contributed by atoms with Crippen LogP contribution in [0, 0.1) is 0 Å². The molecule has 0 bridgehead atoms. The molecule has 0 saturated carbocycles. The van der Waals surface area contributed by atoms with E-state index < -0.39 is 155 Å². The molecule has 23 heteroatoms. The molecule has 3 fully saturated rings. The van der Waals surface area contributed by atoms with Crippen molar-refractivity contribution in [3.63, 3.8) is 0 Å². The minimum Gasteiger partial charge on any atom is -0.477 e. The standard InChI is InChI=1S/C64H118N2O21/c1-4-6-8-10-12-14-16-18-19-20-21-22-23-24-26-28-30-32-34-36-38-51(74)66-45(46(71)37-35-33-31-29-27-25-17-15-13-11-9-7-5-2)43-82-61-56(78)55(77)58(50(42-69)84-61)85-62-57(79)60(54(76)49(41-68)83-62)87-64(63(80)81)39-47(72)52(65-44(3)70)59(86-64)53(75)48(73)40-67/h35,37,45-50,52-62,67-69,71-73,75-79H,4-34,36,38-43H2,1-3H3,(H,65,70)(H,66,74)(H,80,81)/b37-35+/t45-,46+,47-,48+,49+,50+,52+,53+,54-,55+,56+,57+,58+,59+,60-,61+,62-,64-/m0/s1. The second-order valence-corrected chi connectivity index (χ2v) is 24.7. The number of carbonyl (C=O) groups excluding carboxylic acids is 2. The van der Waals surface area contributed by atoms with E-state index in [1.54, 1.807) is 6.08 Å². The van der Waals surface area contributed by atoms with Crippen molar-refractivity contribution in [2.75, 3.05) is 26.4 Å². The van der Waals surface area contributed by atoms with Gasteiger partial charge in [-0.15, -0.1) is 0 Å². The number of hydrogen-bond acceptors (Lipinski definition) is 20. The highest BCUT2D eigenvalue weighted by atomic mass is 16.8. The molecule has 0 unspecified atom stereocenters. The summed E-state index contributed by atoms with van der Waals surface area (Å²) in [5.41, 5.74) is 0. The zero-order valence-corrected chi connectivity index (χ0v) is 52.9. The van der Waals surface area contributed by atoms with Crippen molar-refractivity contribution in [3.8, 4) is 0 Å². The second kappa shape index (κ2) is 45.7. The Bertz CT molecular complexity index is 1820. The number of aliphatic carboxylic acids is 1. The van der Waals surface area contributed by atoms with Crippen molar-refractivity contribution in [1.29, 1.82) is 0 Å². The Morgan fingerprint density at radius 2 is 1.07 bits per heavy atom. The van der Waals surface area contributed by atoms with E-state index in [9.17, 15) is 75.7 Å². The van der Waals surface area contributed by atoms with E-state index in [0.717, 1.165) is 51.9 Å². The van der Waals surface area contributed by atoms with Crippen molar-refractivity contribution in [3.05, 3.63) is 12.2 Å². The SMILES string of the molecule is CCCCCCCCCCCCC/C=C/[C@@H](O)[C@H](CO[C@@H]1O[C@H](CO)[C@@H](O[C@@H]2O[C@H](CO)[C@H](O)[C@H](O[C@]3(C(=O)O)C[C@H](O)[C@@H](NC(C)=O)[C@H]([C@H](O)[C@H](O)CO)O3)[C@H]2O)[C@H](O)[C@H]1O)NC(=O)CCCCCCCCCCCCCCCCCCCCCC. The maximum Gasteiger partial charge on any atom is 0.364 e. The van der Waals surface area contributed by atoms with Crippen molar-refractivity contribution in [2.24, 2.45) is 0 Å². The fourth-order valence-corrected chi connectivity index (χ4v) is 11.8. The lowest BCUT2D eigenvalue weighted by Gasteiger charge is -2.50. The van der Waals surface area contributed by atoms with E-state index in [2.05, 4.69) is 24.5 Å². The van der Waals surface area contributed by atoms with Gasteiger partial charge in [-0.1, -0.05) is 212 Å². The molecule has 3 rings (SSSR count). The third-order valence-corrected chi connectivity index (χ3v) is 17.2.